The van der Waals surface area contributed by atoms with Crippen LogP contribution in [0.3, 0.4) is 0 Å². The van der Waals surface area contributed by atoms with Crippen LogP contribution < -0.4 is 5.32 Å². The number of carbonyl (C=O) groups excluding carboxylic acids is 2. The Hall–Kier alpha value is -1.96. The number of hydrogen-bond acceptors (Lipinski definition) is 4. The third-order valence-electron chi connectivity index (χ3n) is 3.37. The van der Waals surface area contributed by atoms with E-state index in [0.29, 0.717) is 17.8 Å². The number of amides is 1. The second kappa shape index (κ2) is 6.66. The number of nitrogens with one attached hydrogen (secondary N) is 1. The average molecular weight is 390 g/mol. The van der Waals surface area contributed by atoms with Crippen molar-refractivity contribution < 1.29 is 28.2 Å². The van der Waals surface area contributed by atoms with Crippen LogP contribution in [0.25, 0.3) is 0 Å². The van der Waals surface area contributed by atoms with Crippen molar-refractivity contribution in [1.82, 2.24) is 5.32 Å². The van der Waals surface area contributed by atoms with Crippen LogP contribution in [0.2, 0.25) is 0 Å². The Kier molecular flexibility index (Phi) is 5.03. The predicted molar refractivity (Wildman–Crippen MR) is 80.6 cm³/mol. The summed E-state index contributed by atoms with van der Waals surface area (Å²) in [7, 11) is 0. The molecule has 2 N–H and O–H groups in total. The monoisotopic (exact) mass is 389 g/mol. The third kappa shape index (κ3) is 3.52. The number of aliphatic hydroxyl groups excluding tert-OH is 1. The number of carbonyl (C=O) groups is 2. The van der Waals surface area contributed by atoms with Crippen LogP contribution in [0.1, 0.15) is 25.3 Å². The summed E-state index contributed by atoms with van der Waals surface area (Å²) < 4.78 is 32.1. The van der Waals surface area contributed by atoms with Crippen LogP contribution in [0.15, 0.2) is 29.8 Å². The van der Waals surface area contributed by atoms with Gasteiger partial charge in [-0.15, -0.1) is 0 Å². The molecular formula is C15H14BrF2NO4. The molecule has 0 spiro atoms. The average Bonchev–Trinajstić information content (AvgIpc) is 2.69. The lowest BCUT2D eigenvalue weighted by molar-refractivity contribution is -0.133. The summed E-state index contributed by atoms with van der Waals surface area (Å²) in [6, 6.07) is 2.52. The van der Waals surface area contributed by atoms with Gasteiger partial charge in [-0.1, -0.05) is 15.9 Å². The first-order valence-corrected chi connectivity index (χ1v) is 7.89. The van der Waals surface area contributed by atoms with E-state index in [1.807, 2.05) is 0 Å². The predicted octanol–water partition coefficient (Wildman–Crippen LogP) is 2.80. The van der Waals surface area contributed by atoms with E-state index in [9.17, 15) is 23.5 Å². The van der Waals surface area contributed by atoms with Crippen molar-refractivity contribution >= 4 is 27.6 Å². The normalized spacial score (nSPS) is 20.6. The molecule has 0 fully saturated rings. The van der Waals surface area contributed by atoms with Crippen LogP contribution in [0, 0.1) is 11.6 Å². The molecule has 5 nitrogen and oxygen atoms in total. The molecule has 124 valence electrons. The molecule has 0 radical (unpaired) electrons. The Labute approximate surface area is 139 Å². The fraction of sp³-hybridized carbons (Fsp3) is 0.333. The SMILES string of the molecule is CC1(c2cc(F)cc(F)c2)OC(NC(=O)CCCBr)=C(O)C1=O. The molecule has 1 aromatic carbocycles. The molecular weight excluding hydrogens is 376 g/mol. The maximum absolute atomic E-state index is 13.4. The van der Waals surface area contributed by atoms with E-state index in [1.54, 1.807) is 0 Å². The summed E-state index contributed by atoms with van der Waals surface area (Å²) in [6.07, 6.45) is 0.713. The van der Waals surface area contributed by atoms with Gasteiger partial charge in [0.05, 0.1) is 0 Å². The highest BCUT2D eigenvalue weighted by Crippen LogP contribution is 2.37. The van der Waals surface area contributed by atoms with Gasteiger partial charge in [0.2, 0.25) is 17.5 Å². The molecule has 2 rings (SSSR count). The number of ketones is 1. The van der Waals surface area contributed by atoms with Gasteiger partial charge in [0, 0.05) is 23.4 Å². The first-order chi connectivity index (χ1) is 10.8. The van der Waals surface area contributed by atoms with Gasteiger partial charge >= 0.3 is 0 Å². The van der Waals surface area contributed by atoms with Gasteiger partial charge in [-0.25, -0.2) is 8.78 Å². The van der Waals surface area contributed by atoms with Crippen LogP contribution in [0.5, 0.6) is 0 Å². The number of ether oxygens (including phenoxy) is 1. The lowest BCUT2D eigenvalue weighted by atomic mass is 9.91. The maximum Gasteiger partial charge on any atom is 0.250 e. The highest BCUT2D eigenvalue weighted by atomic mass is 79.9. The summed E-state index contributed by atoms with van der Waals surface area (Å²) in [4.78, 5) is 23.9. The quantitative estimate of drug-likeness (QED) is 0.759. The van der Waals surface area contributed by atoms with E-state index < -0.39 is 40.6 Å². The topological polar surface area (TPSA) is 75.6 Å². The minimum absolute atomic E-state index is 0.101. The number of Topliss-reactive ketones (excluding diaryl/α,β-unsaturated/α-hetero) is 1. The van der Waals surface area contributed by atoms with Crippen LogP contribution in [-0.2, 0) is 19.9 Å². The molecule has 1 aliphatic heterocycles. The number of benzene rings is 1. The third-order valence-corrected chi connectivity index (χ3v) is 3.93. The lowest BCUT2D eigenvalue weighted by Gasteiger charge is -2.23. The van der Waals surface area contributed by atoms with E-state index in [0.717, 1.165) is 12.1 Å². The first kappa shape index (κ1) is 17.4. The van der Waals surface area contributed by atoms with Crippen molar-refractivity contribution in [3.8, 4) is 0 Å². The van der Waals surface area contributed by atoms with Gasteiger partial charge in [0.1, 0.15) is 11.6 Å². The van der Waals surface area contributed by atoms with Crippen LogP contribution >= 0.6 is 15.9 Å². The Bertz CT molecular complexity index is 672. The fourth-order valence-electron chi connectivity index (χ4n) is 2.15. The molecule has 0 bridgehead atoms. The maximum atomic E-state index is 13.4. The summed E-state index contributed by atoms with van der Waals surface area (Å²) >= 11 is 3.18. The first-order valence-electron chi connectivity index (χ1n) is 6.77. The van der Waals surface area contributed by atoms with Gasteiger partial charge in [0.25, 0.3) is 5.78 Å². The second-order valence-electron chi connectivity index (χ2n) is 5.14. The number of rotatable bonds is 5. The zero-order valence-corrected chi connectivity index (χ0v) is 13.7. The van der Waals surface area contributed by atoms with Crippen LogP contribution in [0.4, 0.5) is 8.78 Å². The molecule has 1 aromatic rings. The standard InChI is InChI=1S/C15H14BrF2NO4/c1-15(8-5-9(17)7-10(18)6-8)13(22)12(21)14(23-15)19-11(20)3-2-4-16/h5-7,21H,2-4H2,1H3,(H,19,20). The zero-order chi connectivity index (χ0) is 17.2. The molecule has 1 aliphatic rings. The van der Waals surface area contributed by atoms with E-state index in [1.165, 1.54) is 6.92 Å². The molecule has 1 amide bonds. The number of aliphatic hydroxyl groups is 1. The molecule has 0 saturated carbocycles. The summed E-state index contributed by atoms with van der Waals surface area (Å²) in [5, 5.41) is 12.8. The van der Waals surface area contributed by atoms with Crippen molar-refractivity contribution in [2.45, 2.75) is 25.4 Å². The molecule has 0 aromatic heterocycles. The molecule has 0 aliphatic carbocycles. The van der Waals surface area contributed by atoms with Gasteiger partial charge in [-0.2, -0.15) is 0 Å². The van der Waals surface area contributed by atoms with Crippen molar-refractivity contribution in [2.75, 3.05) is 5.33 Å². The number of halogens is 3. The van der Waals surface area contributed by atoms with E-state index in [-0.39, 0.29) is 12.0 Å². The van der Waals surface area contributed by atoms with Gasteiger partial charge in [-0.3, -0.25) is 14.9 Å². The highest BCUT2D eigenvalue weighted by Gasteiger charge is 2.48. The molecule has 0 saturated heterocycles. The Balaban J connectivity index is 2.25. The Morgan fingerprint density at radius 3 is 2.52 bits per heavy atom. The van der Waals surface area contributed by atoms with Crippen molar-refractivity contribution in [3.63, 3.8) is 0 Å². The molecule has 1 unspecified atom stereocenters. The van der Waals surface area contributed by atoms with Crippen molar-refractivity contribution in [3.05, 3.63) is 47.0 Å². The van der Waals surface area contributed by atoms with Crippen molar-refractivity contribution in [2.24, 2.45) is 0 Å². The minimum Gasteiger partial charge on any atom is -0.501 e. The highest BCUT2D eigenvalue weighted by molar-refractivity contribution is 9.09. The summed E-state index contributed by atoms with van der Waals surface area (Å²) in [6.45, 7) is 1.26. The van der Waals surface area contributed by atoms with E-state index in [4.69, 9.17) is 4.74 Å². The second-order valence-corrected chi connectivity index (χ2v) is 5.93. The number of alkyl halides is 1. The Morgan fingerprint density at radius 2 is 1.96 bits per heavy atom. The molecule has 1 heterocycles. The van der Waals surface area contributed by atoms with Crippen molar-refractivity contribution in [1.29, 1.82) is 0 Å². The van der Waals surface area contributed by atoms with Gasteiger partial charge < -0.3 is 9.84 Å². The smallest absolute Gasteiger partial charge is 0.250 e. The van der Waals surface area contributed by atoms with Gasteiger partial charge in [0.15, 0.2) is 5.60 Å². The van der Waals surface area contributed by atoms with Gasteiger partial charge in [-0.05, 0) is 25.5 Å². The summed E-state index contributed by atoms with van der Waals surface area (Å²) in [5.74, 6) is -4.31. The Morgan fingerprint density at radius 1 is 1.35 bits per heavy atom. The molecule has 8 heteroatoms. The zero-order valence-electron chi connectivity index (χ0n) is 12.2. The largest absolute Gasteiger partial charge is 0.501 e. The fourth-order valence-corrected chi connectivity index (χ4v) is 2.43. The van der Waals surface area contributed by atoms with E-state index in [2.05, 4.69) is 21.2 Å². The summed E-state index contributed by atoms with van der Waals surface area (Å²) in [5.41, 5.74) is -1.92. The van der Waals surface area contributed by atoms with Crippen LogP contribution in [-0.4, -0.2) is 22.1 Å². The molecule has 1 atom stereocenters. The lowest BCUT2D eigenvalue weighted by Crippen LogP contribution is -2.32. The minimum atomic E-state index is -1.81. The van der Waals surface area contributed by atoms with E-state index >= 15 is 0 Å². The number of hydrogen-bond donors (Lipinski definition) is 2. The molecule has 23 heavy (non-hydrogen) atoms.